The molecular formula is C13H27NO. The lowest BCUT2D eigenvalue weighted by molar-refractivity contribution is 0.00531. The quantitative estimate of drug-likeness (QED) is 0.758. The van der Waals surface area contributed by atoms with Gasteiger partial charge >= 0.3 is 0 Å². The molecule has 15 heavy (non-hydrogen) atoms. The molecule has 0 amide bonds. The molecule has 2 heteroatoms. The van der Waals surface area contributed by atoms with Gasteiger partial charge in [-0.1, -0.05) is 13.8 Å². The van der Waals surface area contributed by atoms with E-state index in [9.17, 15) is 0 Å². The number of nitrogens with one attached hydrogen (secondary N) is 1. The van der Waals surface area contributed by atoms with Crippen LogP contribution in [0.15, 0.2) is 0 Å². The molecule has 1 rings (SSSR count). The maximum atomic E-state index is 5.49. The molecule has 0 radical (unpaired) electrons. The molecule has 1 aliphatic heterocycles. The standard InChI is InChI=1S/C13H27NO/c1-11(2)13(7-6-10-14-13)9-8-12(3,4)15-5/h11,14H,6-10H2,1-5H3. The number of rotatable bonds is 5. The number of hydrogen-bond acceptors (Lipinski definition) is 2. The first kappa shape index (κ1) is 13.0. The largest absolute Gasteiger partial charge is 0.379 e. The second-order valence-corrected chi connectivity index (χ2v) is 5.80. The van der Waals surface area contributed by atoms with E-state index in [1.807, 2.05) is 7.11 Å². The minimum atomic E-state index is 0.0200. The molecular weight excluding hydrogens is 186 g/mol. The first-order valence-corrected chi connectivity index (χ1v) is 6.22. The zero-order chi connectivity index (χ0) is 11.5. The van der Waals surface area contributed by atoms with Crippen molar-refractivity contribution in [3.05, 3.63) is 0 Å². The van der Waals surface area contributed by atoms with E-state index in [1.54, 1.807) is 0 Å². The van der Waals surface area contributed by atoms with Crippen molar-refractivity contribution in [2.75, 3.05) is 13.7 Å². The maximum absolute atomic E-state index is 5.49. The number of hydrogen-bond donors (Lipinski definition) is 1. The van der Waals surface area contributed by atoms with Gasteiger partial charge in [-0.2, -0.15) is 0 Å². The fourth-order valence-corrected chi connectivity index (χ4v) is 2.45. The molecule has 0 aromatic heterocycles. The Morgan fingerprint density at radius 1 is 1.40 bits per heavy atom. The van der Waals surface area contributed by atoms with Crippen LogP contribution in [0.1, 0.15) is 53.4 Å². The second-order valence-electron chi connectivity index (χ2n) is 5.80. The van der Waals surface area contributed by atoms with Gasteiger partial charge in [0, 0.05) is 12.6 Å². The molecule has 2 nitrogen and oxygen atoms in total. The highest BCUT2D eigenvalue weighted by molar-refractivity contribution is 4.96. The van der Waals surface area contributed by atoms with E-state index in [0.717, 1.165) is 6.42 Å². The number of methoxy groups -OCH3 is 1. The summed E-state index contributed by atoms with van der Waals surface area (Å²) in [6, 6.07) is 0. The van der Waals surface area contributed by atoms with Crippen LogP contribution in [0.3, 0.4) is 0 Å². The summed E-state index contributed by atoms with van der Waals surface area (Å²) >= 11 is 0. The molecule has 1 N–H and O–H groups in total. The molecule has 1 heterocycles. The van der Waals surface area contributed by atoms with E-state index in [4.69, 9.17) is 4.74 Å². The topological polar surface area (TPSA) is 21.3 Å². The Morgan fingerprint density at radius 3 is 2.47 bits per heavy atom. The van der Waals surface area contributed by atoms with Crippen molar-refractivity contribution in [1.82, 2.24) is 5.32 Å². The maximum Gasteiger partial charge on any atom is 0.0623 e. The summed E-state index contributed by atoms with van der Waals surface area (Å²) < 4.78 is 5.49. The highest BCUT2D eigenvalue weighted by Crippen LogP contribution is 2.34. The van der Waals surface area contributed by atoms with Crippen LogP contribution >= 0.6 is 0 Å². The Balaban J connectivity index is 2.53. The highest BCUT2D eigenvalue weighted by atomic mass is 16.5. The van der Waals surface area contributed by atoms with Gasteiger partial charge in [0.1, 0.15) is 0 Å². The highest BCUT2D eigenvalue weighted by Gasteiger charge is 2.37. The van der Waals surface area contributed by atoms with Crippen molar-refractivity contribution in [2.45, 2.75) is 64.5 Å². The summed E-state index contributed by atoms with van der Waals surface area (Å²) in [6.45, 7) is 10.2. The fraction of sp³-hybridized carbons (Fsp3) is 1.00. The van der Waals surface area contributed by atoms with Crippen molar-refractivity contribution in [3.63, 3.8) is 0 Å². The minimum absolute atomic E-state index is 0.0200. The van der Waals surface area contributed by atoms with Crippen LogP contribution in [0.25, 0.3) is 0 Å². The summed E-state index contributed by atoms with van der Waals surface area (Å²) in [5.41, 5.74) is 0.391. The van der Waals surface area contributed by atoms with E-state index < -0.39 is 0 Å². The van der Waals surface area contributed by atoms with Gasteiger partial charge in [0.25, 0.3) is 0 Å². The van der Waals surface area contributed by atoms with Crippen LogP contribution in [0.5, 0.6) is 0 Å². The molecule has 1 atom stereocenters. The third-order valence-corrected chi connectivity index (χ3v) is 4.11. The smallest absolute Gasteiger partial charge is 0.0623 e. The third-order valence-electron chi connectivity index (χ3n) is 4.11. The zero-order valence-corrected chi connectivity index (χ0v) is 11.0. The Hall–Kier alpha value is -0.0800. The van der Waals surface area contributed by atoms with Crippen LogP contribution in [-0.4, -0.2) is 24.8 Å². The lowest BCUT2D eigenvalue weighted by atomic mass is 9.79. The molecule has 0 aromatic rings. The normalized spacial score (nSPS) is 27.6. The first-order valence-electron chi connectivity index (χ1n) is 6.22. The van der Waals surface area contributed by atoms with Crippen LogP contribution in [0.2, 0.25) is 0 Å². The summed E-state index contributed by atoms with van der Waals surface area (Å²) in [4.78, 5) is 0. The first-order chi connectivity index (χ1) is 6.92. The molecule has 1 fully saturated rings. The van der Waals surface area contributed by atoms with Gasteiger partial charge in [-0.05, 0) is 52.0 Å². The molecule has 1 aliphatic rings. The average Bonchev–Trinajstić information content (AvgIpc) is 2.65. The Morgan fingerprint density at radius 2 is 2.07 bits per heavy atom. The summed E-state index contributed by atoms with van der Waals surface area (Å²) in [6.07, 6.45) is 5.01. The van der Waals surface area contributed by atoms with Gasteiger partial charge < -0.3 is 10.1 Å². The Kier molecular flexibility index (Phi) is 4.19. The predicted molar refractivity (Wildman–Crippen MR) is 65.1 cm³/mol. The lowest BCUT2D eigenvalue weighted by Crippen LogP contribution is -2.46. The molecule has 0 saturated carbocycles. The summed E-state index contributed by atoms with van der Waals surface area (Å²) in [5, 5.41) is 3.71. The zero-order valence-electron chi connectivity index (χ0n) is 11.0. The van der Waals surface area contributed by atoms with Gasteiger partial charge in [0.2, 0.25) is 0 Å². The van der Waals surface area contributed by atoms with E-state index in [-0.39, 0.29) is 5.60 Å². The molecule has 0 aromatic carbocycles. The van der Waals surface area contributed by atoms with E-state index in [0.29, 0.717) is 11.5 Å². The Labute approximate surface area is 94.8 Å². The van der Waals surface area contributed by atoms with Crippen molar-refractivity contribution < 1.29 is 4.74 Å². The Bertz CT molecular complexity index is 193. The van der Waals surface area contributed by atoms with Gasteiger partial charge in [-0.15, -0.1) is 0 Å². The molecule has 0 spiro atoms. The predicted octanol–water partition coefficient (Wildman–Crippen LogP) is 2.97. The number of ether oxygens (including phenoxy) is 1. The van der Waals surface area contributed by atoms with Crippen molar-refractivity contribution in [2.24, 2.45) is 5.92 Å². The molecule has 0 aliphatic carbocycles. The second kappa shape index (κ2) is 4.84. The van der Waals surface area contributed by atoms with Crippen LogP contribution in [-0.2, 0) is 4.74 Å². The summed E-state index contributed by atoms with van der Waals surface area (Å²) in [5.74, 6) is 0.715. The van der Waals surface area contributed by atoms with Gasteiger partial charge in [-0.3, -0.25) is 0 Å². The average molecular weight is 213 g/mol. The van der Waals surface area contributed by atoms with E-state index in [2.05, 4.69) is 33.0 Å². The van der Waals surface area contributed by atoms with Gasteiger partial charge in [0.15, 0.2) is 0 Å². The fourth-order valence-electron chi connectivity index (χ4n) is 2.45. The lowest BCUT2D eigenvalue weighted by Gasteiger charge is -2.37. The SMILES string of the molecule is COC(C)(C)CCC1(C(C)C)CCCN1. The van der Waals surface area contributed by atoms with E-state index in [1.165, 1.54) is 25.8 Å². The van der Waals surface area contributed by atoms with E-state index >= 15 is 0 Å². The minimum Gasteiger partial charge on any atom is -0.379 e. The van der Waals surface area contributed by atoms with Gasteiger partial charge in [-0.25, -0.2) is 0 Å². The van der Waals surface area contributed by atoms with Crippen molar-refractivity contribution in [3.8, 4) is 0 Å². The summed E-state index contributed by atoms with van der Waals surface area (Å²) in [7, 11) is 1.81. The monoisotopic (exact) mass is 213 g/mol. The molecule has 1 unspecified atom stereocenters. The van der Waals surface area contributed by atoms with Crippen LogP contribution in [0.4, 0.5) is 0 Å². The van der Waals surface area contributed by atoms with Crippen LogP contribution in [0, 0.1) is 5.92 Å². The molecule has 90 valence electrons. The molecule has 1 saturated heterocycles. The van der Waals surface area contributed by atoms with Gasteiger partial charge in [0.05, 0.1) is 5.60 Å². The molecule has 0 bridgehead atoms. The third kappa shape index (κ3) is 3.18. The van der Waals surface area contributed by atoms with Crippen molar-refractivity contribution >= 4 is 0 Å². The van der Waals surface area contributed by atoms with Crippen molar-refractivity contribution in [1.29, 1.82) is 0 Å². The van der Waals surface area contributed by atoms with Crippen LogP contribution < -0.4 is 5.32 Å².